The number of nitrogens with zero attached hydrogens (tertiary/aromatic N) is 2. The molecular formula is C18H22N4O3S. The second kappa shape index (κ2) is 7.41. The van der Waals surface area contributed by atoms with E-state index in [2.05, 4.69) is 29.5 Å². The Kier molecular flexibility index (Phi) is 5.22. The first-order valence-corrected chi connectivity index (χ1v) is 9.54. The summed E-state index contributed by atoms with van der Waals surface area (Å²) in [6.07, 6.45) is 1.94. The predicted molar refractivity (Wildman–Crippen MR) is 102 cm³/mol. The molecule has 0 spiro atoms. The number of hydrogen-bond donors (Lipinski definition) is 2. The summed E-state index contributed by atoms with van der Waals surface area (Å²) in [4.78, 5) is 27.7. The van der Waals surface area contributed by atoms with Gasteiger partial charge in [-0.25, -0.2) is 4.98 Å². The quantitative estimate of drug-likeness (QED) is 0.558. The van der Waals surface area contributed by atoms with Gasteiger partial charge < -0.3 is 10.6 Å². The number of thiazole rings is 1. The van der Waals surface area contributed by atoms with Crippen LogP contribution in [0.15, 0.2) is 23.6 Å². The number of anilines is 1. The highest BCUT2D eigenvalue weighted by Crippen LogP contribution is 2.31. The number of nitro benzene ring substituents is 1. The Balaban J connectivity index is 1.79. The maximum atomic E-state index is 12.1. The van der Waals surface area contributed by atoms with Crippen LogP contribution in [0.4, 0.5) is 11.4 Å². The van der Waals surface area contributed by atoms with E-state index in [1.54, 1.807) is 23.5 Å². The summed E-state index contributed by atoms with van der Waals surface area (Å²) >= 11 is 1.59. The first-order valence-electron chi connectivity index (χ1n) is 8.66. The number of aromatic nitrogens is 1. The molecule has 0 aliphatic heterocycles. The molecule has 1 aliphatic rings. The Morgan fingerprint density at radius 2 is 2.08 bits per heavy atom. The fourth-order valence-corrected chi connectivity index (χ4v) is 3.44. The van der Waals surface area contributed by atoms with Crippen LogP contribution < -0.4 is 10.6 Å². The molecule has 0 bridgehead atoms. The van der Waals surface area contributed by atoms with Gasteiger partial charge in [0.15, 0.2) is 0 Å². The van der Waals surface area contributed by atoms with Crippen LogP contribution in [0.25, 0.3) is 0 Å². The molecule has 1 atom stereocenters. The predicted octanol–water partition coefficient (Wildman–Crippen LogP) is 4.24. The summed E-state index contributed by atoms with van der Waals surface area (Å²) in [5, 5.41) is 20.5. The summed E-state index contributed by atoms with van der Waals surface area (Å²) in [6, 6.07) is 4.56. The third kappa shape index (κ3) is 4.19. The third-order valence-electron chi connectivity index (χ3n) is 4.22. The van der Waals surface area contributed by atoms with Crippen LogP contribution >= 0.6 is 11.3 Å². The summed E-state index contributed by atoms with van der Waals surface area (Å²) < 4.78 is 0. The molecule has 1 heterocycles. The van der Waals surface area contributed by atoms with E-state index in [0.717, 1.165) is 23.5 Å². The maximum Gasteiger partial charge on any atom is 0.293 e. The van der Waals surface area contributed by atoms with Crippen molar-refractivity contribution < 1.29 is 9.72 Å². The molecule has 1 aromatic heterocycles. The maximum absolute atomic E-state index is 12.1. The van der Waals surface area contributed by atoms with Gasteiger partial charge in [-0.15, -0.1) is 11.3 Å². The van der Waals surface area contributed by atoms with Crippen molar-refractivity contribution in [3.63, 3.8) is 0 Å². The Morgan fingerprint density at radius 3 is 2.65 bits per heavy atom. The fourth-order valence-electron chi connectivity index (χ4n) is 2.51. The molecule has 3 rings (SSSR count). The minimum absolute atomic E-state index is 0.111. The summed E-state index contributed by atoms with van der Waals surface area (Å²) in [7, 11) is 0. The zero-order chi connectivity index (χ0) is 18.8. The topological polar surface area (TPSA) is 97.2 Å². The van der Waals surface area contributed by atoms with Gasteiger partial charge in [0.25, 0.3) is 11.6 Å². The van der Waals surface area contributed by atoms with Gasteiger partial charge in [0.2, 0.25) is 0 Å². The van der Waals surface area contributed by atoms with Crippen molar-refractivity contribution in [1.29, 1.82) is 0 Å². The number of nitrogens with one attached hydrogen (secondary N) is 2. The Labute approximate surface area is 156 Å². The van der Waals surface area contributed by atoms with Gasteiger partial charge >= 0.3 is 0 Å². The lowest BCUT2D eigenvalue weighted by molar-refractivity contribution is -0.384. The minimum atomic E-state index is -0.469. The zero-order valence-corrected chi connectivity index (χ0v) is 15.8. The molecule has 0 saturated heterocycles. The van der Waals surface area contributed by atoms with Crippen molar-refractivity contribution in [3.05, 3.63) is 50.0 Å². The van der Waals surface area contributed by atoms with Crippen LogP contribution in [0, 0.1) is 10.1 Å². The lowest BCUT2D eigenvalue weighted by atomic mass is 10.1. The van der Waals surface area contributed by atoms with Gasteiger partial charge in [-0.05, 0) is 31.9 Å². The van der Waals surface area contributed by atoms with E-state index in [1.807, 2.05) is 12.3 Å². The minimum Gasteiger partial charge on any atom is -0.371 e. The Hall–Kier alpha value is -2.48. The highest BCUT2D eigenvalue weighted by Gasteiger charge is 2.25. The van der Waals surface area contributed by atoms with E-state index in [9.17, 15) is 14.9 Å². The summed E-state index contributed by atoms with van der Waals surface area (Å²) in [5.41, 5.74) is 1.42. The highest BCUT2D eigenvalue weighted by atomic mass is 32.1. The van der Waals surface area contributed by atoms with Crippen LogP contribution in [-0.2, 0) is 0 Å². The van der Waals surface area contributed by atoms with Crippen LogP contribution in [0.3, 0.4) is 0 Å². The molecule has 7 nitrogen and oxygen atoms in total. The monoisotopic (exact) mass is 374 g/mol. The van der Waals surface area contributed by atoms with Crippen molar-refractivity contribution in [1.82, 2.24) is 10.3 Å². The normalized spacial score (nSPS) is 14.9. The number of carbonyl (C=O) groups excluding carboxylic acids is 1. The van der Waals surface area contributed by atoms with Crippen molar-refractivity contribution >= 4 is 28.6 Å². The Bertz CT molecular complexity index is 830. The van der Waals surface area contributed by atoms with Crippen LogP contribution in [0.2, 0.25) is 0 Å². The SMILES string of the molecule is CC(C)c1nc(C(C)Nc2ccc(C(=O)NC3CC3)cc2[N+](=O)[O-])cs1. The molecule has 26 heavy (non-hydrogen) atoms. The van der Waals surface area contributed by atoms with Gasteiger partial charge in [0.1, 0.15) is 5.69 Å². The molecule has 1 fully saturated rings. The summed E-state index contributed by atoms with van der Waals surface area (Å²) in [6.45, 7) is 6.07. The van der Waals surface area contributed by atoms with Crippen LogP contribution in [-0.4, -0.2) is 21.9 Å². The number of rotatable bonds is 7. The molecule has 1 saturated carbocycles. The van der Waals surface area contributed by atoms with Crippen molar-refractivity contribution in [2.45, 2.75) is 51.6 Å². The molecule has 8 heteroatoms. The molecule has 1 aromatic carbocycles. The lowest BCUT2D eigenvalue weighted by Gasteiger charge is -2.14. The number of amides is 1. The smallest absolute Gasteiger partial charge is 0.293 e. The number of benzene rings is 1. The molecule has 2 N–H and O–H groups in total. The Morgan fingerprint density at radius 1 is 1.35 bits per heavy atom. The number of nitro groups is 1. The standard InChI is InChI=1S/C18H22N4O3S/c1-10(2)18-21-15(9-26-18)11(3)19-14-7-4-12(8-16(14)22(24)25)17(23)20-13-5-6-13/h4,7-11,13,19H,5-6H2,1-3H3,(H,20,23). The average molecular weight is 374 g/mol. The molecule has 0 radical (unpaired) electrons. The van der Waals surface area contributed by atoms with E-state index < -0.39 is 4.92 Å². The van der Waals surface area contributed by atoms with Gasteiger partial charge in [0.05, 0.1) is 21.7 Å². The molecule has 2 aromatic rings. The van der Waals surface area contributed by atoms with E-state index in [1.165, 1.54) is 6.07 Å². The van der Waals surface area contributed by atoms with Crippen LogP contribution in [0.5, 0.6) is 0 Å². The molecule has 1 aliphatic carbocycles. The second-order valence-corrected chi connectivity index (χ2v) is 7.76. The van der Waals surface area contributed by atoms with E-state index >= 15 is 0 Å². The van der Waals surface area contributed by atoms with Crippen molar-refractivity contribution in [3.8, 4) is 0 Å². The highest BCUT2D eigenvalue weighted by molar-refractivity contribution is 7.09. The first-order chi connectivity index (χ1) is 12.3. The van der Waals surface area contributed by atoms with Crippen molar-refractivity contribution in [2.75, 3.05) is 5.32 Å². The van der Waals surface area contributed by atoms with E-state index in [4.69, 9.17) is 0 Å². The van der Waals surface area contributed by atoms with Gasteiger partial charge in [-0.3, -0.25) is 14.9 Å². The molecule has 1 amide bonds. The fraction of sp³-hybridized carbons (Fsp3) is 0.444. The molecular weight excluding hydrogens is 352 g/mol. The largest absolute Gasteiger partial charge is 0.371 e. The number of hydrogen-bond acceptors (Lipinski definition) is 6. The first kappa shape index (κ1) is 18.3. The average Bonchev–Trinajstić information content (AvgIpc) is 3.25. The van der Waals surface area contributed by atoms with Gasteiger partial charge in [-0.2, -0.15) is 0 Å². The van der Waals surface area contributed by atoms with Crippen molar-refractivity contribution in [2.24, 2.45) is 0 Å². The third-order valence-corrected chi connectivity index (χ3v) is 5.38. The molecule has 1 unspecified atom stereocenters. The van der Waals surface area contributed by atoms with Gasteiger partial charge in [-0.1, -0.05) is 13.8 Å². The van der Waals surface area contributed by atoms with Crippen LogP contribution in [0.1, 0.15) is 66.6 Å². The molecule has 138 valence electrons. The van der Waals surface area contributed by atoms with E-state index in [0.29, 0.717) is 17.2 Å². The second-order valence-electron chi connectivity index (χ2n) is 6.87. The lowest BCUT2D eigenvalue weighted by Crippen LogP contribution is -2.25. The van der Waals surface area contributed by atoms with Gasteiger partial charge in [0, 0.05) is 29.0 Å². The zero-order valence-electron chi connectivity index (χ0n) is 15.0. The van der Waals surface area contributed by atoms with E-state index in [-0.39, 0.29) is 23.7 Å². The summed E-state index contributed by atoms with van der Waals surface area (Å²) in [5.74, 6) is 0.0795. The number of carbonyl (C=O) groups is 1.